The van der Waals surface area contributed by atoms with Crippen LogP contribution in [0.4, 0.5) is 0 Å². The molecule has 1 aromatic heterocycles. The summed E-state index contributed by atoms with van der Waals surface area (Å²) in [5, 5.41) is 10.8. The van der Waals surface area contributed by atoms with Crippen molar-refractivity contribution in [1.82, 2.24) is 4.90 Å². The zero-order valence-electron chi connectivity index (χ0n) is 18.7. The van der Waals surface area contributed by atoms with E-state index in [1.165, 1.54) is 7.11 Å². The summed E-state index contributed by atoms with van der Waals surface area (Å²) in [5.74, 6) is -0.0802. The smallest absolute Gasteiger partial charge is 0.290 e. The molecule has 0 radical (unpaired) electrons. The summed E-state index contributed by atoms with van der Waals surface area (Å²) >= 11 is 3.37. The zero-order chi connectivity index (χ0) is 24.0. The molecule has 0 saturated carbocycles. The van der Waals surface area contributed by atoms with Gasteiger partial charge in [-0.25, -0.2) is 0 Å². The van der Waals surface area contributed by atoms with Gasteiger partial charge in [-0.05, 0) is 64.7 Å². The van der Waals surface area contributed by atoms with E-state index in [1.54, 1.807) is 29.2 Å². The summed E-state index contributed by atoms with van der Waals surface area (Å²) in [6.45, 7) is 2.29. The van der Waals surface area contributed by atoms with Crippen LogP contribution in [0, 0.1) is 6.92 Å². The SMILES string of the molecule is COc1cc(C2c3c(oc4ccc(C)cc4c3=O)C(=O)N2CCc2ccccc2)cc(Br)c1O. The van der Waals surface area contributed by atoms with E-state index in [2.05, 4.69) is 15.9 Å². The Morgan fingerprint density at radius 3 is 2.59 bits per heavy atom. The summed E-state index contributed by atoms with van der Waals surface area (Å²) in [6, 6.07) is 17.9. The maximum Gasteiger partial charge on any atom is 0.290 e. The van der Waals surface area contributed by atoms with Crippen LogP contribution in [0.25, 0.3) is 11.0 Å². The minimum absolute atomic E-state index is 0.0483. The van der Waals surface area contributed by atoms with Crippen molar-refractivity contribution in [2.75, 3.05) is 13.7 Å². The Kier molecular flexibility index (Phi) is 5.65. The van der Waals surface area contributed by atoms with E-state index in [1.807, 2.05) is 43.3 Å². The number of rotatable bonds is 5. The highest BCUT2D eigenvalue weighted by molar-refractivity contribution is 9.10. The predicted molar refractivity (Wildman–Crippen MR) is 133 cm³/mol. The second-order valence-electron chi connectivity index (χ2n) is 8.36. The quantitative estimate of drug-likeness (QED) is 0.383. The predicted octanol–water partition coefficient (Wildman–Crippen LogP) is 5.37. The van der Waals surface area contributed by atoms with Crippen LogP contribution in [0.2, 0.25) is 0 Å². The van der Waals surface area contributed by atoms with Gasteiger partial charge in [-0.3, -0.25) is 9.59 Å². The average Bonchev–Trinajstić information content (AvgIpc) is 3.12. The van der Waals surface area contributed by atoms with Crippen LogP contribution in [0.5, 0.6) is 11.5 Å². The summed E-state index contributed by atoms with van der Waals surface area (Å²) in [5.41, 5.74) is 3.10. The normalized spacial score (nSPS) is 15.1. The van der Waals surface area contributed by atoms with E-state index < -0.39 is 6.04 Å². The lowest BCUT2D eigenvalue weighted by atomic mass is 9.97. The number of phenolic OH excluding ortho intramolecular Hbond substituents is 1. The highest BCUT2D eigenvalue weighted by atomic mass is 79.9. The molecule has 0 fully saturated rings. The fourth-order valence-corrected chi connectivity index (χ4v) is 4.97. The molecule has 1 aliphatic heterocycles. The largest absolute Gasteiger partial charge is 0.503 e. The monoisotopic (exact) mass is 519 g/mol. The van der Waals surface area contributed by atoms with Crippen molar-refractivity contribution >= 4 is 32.8 Å². The lowest BCUT2D eigenvalue weighted by Crippen LogP contribution is -2.31. The van der Waals surface area contributed by atoms with Gasteiger partial charge in [0.05, 0.1) is 28.6 Å². The molecular formula is C27H22BrNO5. The van der Waals surface area contributed by atoms with Crippen LogP contribution in [0.15, 0.2) is 74.3 Å². The molecule has 5 rings (SSSR count). The molecule has 3 aromatic carbocycles. The Bertz CT molecular complexity index is 1480. The van der Waals surface area contributed by atoms with E-state index in [-0.39, 0.29) is 28.6 Å². The van der Waals surface area contributed by atoms with Crippen LogP contribution in [-0.2, 0) is 6.42 Å². The molecule has 1 N–H and O–H groups in total. The Morgan fingerprint density at radius 1 is 1.09 bits per heavy atom. The molecule has 1 aliphatic rings. The first-order chi connectivity index (χ1) is 16.4. The van der Waals surface area contributed by atoms with Gasteiger partial charge >= 0.3 is 0 Å². The number of benzene rings is 3. The second kappa shape index (κ2) is 8.65. The van der Waals surface area contributed by atoms with Gasteiger partial charge in [0.1, 0.15) is 5.58 Å². The first kappa shape index (κ1) is 22.2. The number of amides is 1. The molecule has 0 bridgehead atoms. The molecule has 172 valence electrons. The van der Waals surface area contributed by atoms with Crippen molar-refractivity contribution in [3.8, 4) is 11.5 Å². The highest BCUT2D eigenvalue weighted by Crippen LogP contribution is 2.43. The second-order valence-corrected chi connectivity index (χ2v) is 9.22. The van der Waals surface area contributed by atoms with Crippen LogP contribution >= 0.6 is 15.9 Å². The number of ether oxygens (including phenoxy) is 1. The van der Waals surface area contributed by atoms with Crippen molar-refractivity contribution in [3.05, 3.63) is 103 Å². The van der Waals surface area contributed by atoms with Crippen LogP contribution in [0.3, 0.4) is 0 Å². The minimum Gasteiger partial charge on any atom is -0.503 e. The van der Waals surface area contributed by atoms with Gasteiger partial charge in [0.15, 0.2) is 16.9 Å². The van der Waals surface area contributed by atoms with Crippen molar-refractivity contribution in [2.45, 2.75) is 19.4 Å². The van der Waals surface area contributed by atoms with E-state index in [9.17, 15) is 14.7 Å². The molecule has 0 spiro atoms. The number of hydrogen-bond acceptors (Lipinski definition) is 5. The van der Waals surface area contributed by atoms with Crippen LogP contribution in [-0.4, -0.2) is 29.6 Å². The molecule has 6 nitrogen and oxygen atoms in total. The number of methoxy groups -OCH3 is 1. The first-order valence-corrected chi connectivity index (χ1v) is 11.7. The molecule has 2 heterocycles. The van der Waals surface area contributed by atoms with E-state index in [0.29, 0.717) is 39.5 Å². The summed E-state index contributed by atoms with van der Waals surface area (Å²) < 4.78 is 11.8. The number of nitrogens with zero attached hydrogens (tertiary/aromatic N) is 1. The van der Waals surface area contributed by atoms with Crippen LogP contribution in [0.1, 0.15) is 38.9 Å². The highest BCUT2D eigenvalue weighted by Gasteiger charge is 2.43. The topological polar surface area (TPSA) is 80.0 Å². The lowest BCUT2D eigenvalue weighted by Gasteiger charge is -2.26. The Hall–Kier alpha value is -3.58. The summed E-state index contributed by atoms with van der Waals surface area (Å²) in [7, 11) is 1.46. The number of fused-ring (bicyclic) bond motifs is 2. The number of aromatic hydroxyl groups is 1. The van der Waals surface area contributed by atoms with E-state index in [4.69, 9.17) is 9.15 Å². The third-order valence-electron chi connectivity index (χ3n) is 6.19. The van der Waals surface area contributed by atoms with Crippen molar-refractivity contribution in [1.29, 1.82) is 0 Å². The van der Waals surface area contributed by atoms with E-state index >= 15 is 0 Å². The van der Waals surface area contributed by atoms with Gasteiger partial charge in [0.25, 0.3) is 5.91 Å². The maximum absolute atomic E-state index is 13.7. The van der Waals surface area contributed by atoms with Gasteiger partial charge in [0, 0.05) is 6.54 Å². The van der Waals surface area contributed by atoms with Crippen molar-refractivity contribution in [3.63, 3.8) is 0 Å². The van der Waals surface area contributed by atoms with Gasteiger partial charge in [0.2, 0.25) is 5.76 Å². The number of halogens is 1. The van der Waals surface area contributed by atoms with Crippen LogP contribution < -0.4 is 10.2 Å². The molecule has 0 aliphatic carbocycles. The molecule has 7 heteroatoms. The lowest BCUT2D eigenvalue weighted by molar-refractivity contribution is 0.0730. The first-order valence-electron chi connectivity index (χ1n) is 10.9. The minimum atomic E-state index is -0.682. The molecule has 1 amide bonds. The Labute approximate surface area is 204 Å². The molecule has 34 heavy (non-hydrogen) atoms. The fraction of sp³-hybridized carbons (Fsp3) is 0.185. The number of carbonyl (C=O) groups is 1. The molecule has 4 aromatic rings. The average molecular weight is 520 g/mol. The maximum atomic E-state index is 13.7. The van der Waals surface area contributed by atoms with Gasteiger partial charge in [-0.1, -0.05) is 42.0 Å². The van der Waals surface area contributed by atoms with E-state index in [0.717, 1.165) is 11.1 Å². The van der Waals surface area contributed by atoms with Gasteiger partial charge in [-0.15, -0.1) is 0 Å². The Morgan fingerprint density at radius 2 is 1.85 bits per heavy atom. The molecule has 1 unspecified atom stereocenters. The summed E-state index contributed by atoms with van der Waals surface area (Å²) in [4.78, 5) is 28.9. The van der Waals surface area contributed by atoms with Gasteiger partial charge in [-0.2, -0.15) is 0 Å². The number of aryl methyl sites for hydroxylation is 1. The fourth-order valence-electron chi connectivity index (χ4n) is 4.51. The van der Waals surface area contributed by atoms with Crippen molar-refractivity contribution < 1.29 is 19.1 Å². The third-order valence-corrected chi connectivity index (χ3v) is 6.80. The number of phenols is 1. The molecule has 1 atom stereocenters. The number of carbonyl (C=O) groups excluding carboxylic acids is 1. The molecule has 0 saturated heterocycles. The third kappa shape index (κ3) is 3.66. The zero-order valence-corrected chi connectivity index (χ0v) is 20.3. The van der Waals surface area contributed by atoms with Crippen molar-refractivity contribution in [2.24, 2.45) is 0 Å². The Balaban J connectivity index is 1.70. The molecular weight excluding hydrogens is 498 g/mol. The standard InChI is InChI=1S/C27H22BrNO5/c1-15-8-9-20-18(12-15)24(30)22-23(17-13-19(28)25(31)21(14-17)33-2)29(27(32)26(22)34-20)11-10-16-6-4-3-5-7-16/h3-9,12-14,23,31H,10-11H2,1-2H3. The summed E-state index contributed by atoms with van der Waals surface area (Å²) in [6.07, 6.45) is 0.611. The number of hydrogen-bond donors (Lipinski definition) is 1. The van der Waals surface area contributed by atoms with Gasteiger partial charge < -0.3 is 19.2 Å².